The highest BCUT2D eigenvalue weighted by Crippen LogP contribution is 2.41. The average Bonchev–Trinajstić information content (AvgIpc) is 3.49. The first-order valence-electron chi connectivity index (χ1n) is 10.0. The first-order chi connectivity index (χ1) is 16.6. The van der Waals surface area contributed by atoms with Gasteiger partial charge in [0.05, 0.1) is 37.5 Å². The van der Waals surface area contributed by atoms with Gasteiger partial charge in [0.2, 0.25) is 18.6 Å². The van der Waals surface area contributed by atoms with E-state index in [-0.39, 0.29) is 30.7 Å². The molecule has 0 unspecified atom stereocenters. The van der Waals surface area contributed by atoms with Crippen LogP contribution in [0.3, 0.4) is 0 Å². The molecule has 0 aliphatic carbocycles. The Kier molecular flexibility index (Phi) is 5.46. The van der Waals surface area contributed by atoms with Gasteiger partial charge in [-0.2, -0.15) is 5.10 Å². The average molecular weight is 467 g/mol. The third kappa shape index (κ3) is 3.96. The number of nitrogens with zero attached hydrogens (tertiary/aromatic N) is 4. The van der Waals surface area contributed by atoms with Crippen LogP contribution in [0.25, 0.3) is 10.9 Å². The Morgan fingerprint density at radius 3 is 2.82 bits per heavy atom. The molecule has 4 aromatic rings. The Morgan fingerprint density at radius 1 is 1.18 bits per heavy atom. The van der Waals surface area contributed by atoms with Crippen molar-refractivity contribution in [3.8, 4) is 34.6 Å². The summed E-state index contributed by atoms with van der Waals surface area (Å²) >= 11 is 0. The fourth-order valence-corrected chi connectivity index (χ4v) is 3.43. The van der Waals surface area contributed by atoms with Crippen molar-refractivity contribution >= 4 is 22.5 Å². The zero-order valence-electron chi connectivity index (χ0n) is 18.1. The highest BCUT2D eigenvalue weighted by molar-refractivity contribution is 5.93. The normalized spacial score (nSPS) is 12.0. The Labute approximate surface area is 192 Å². The molecule has 0 saturated heterocycles. The standard InChI is InChI=1S/C22H18FN5O6/c1-30-17-5-13-15(6-18(17)31-2)24-10-25-22(13)34-12-7-26-28(8-12)9-19(29)27-20-14(23)3-4-16-21(20)33-11-32-16/h3-8,10H,9,11H2,1-2H3,(H,27,29). The summed E-state index contributed by atoms with van der Waals surface area (Å²) in [6.07, 6.45) is 4.31. The number of rotatable bonds is 7. The molecule has 0 spiro atoms. The van der Waals surface area contributed by atoms with E-state index in [0.29, 0.717) is 33.9 Å². The molecule has 0 bridgehead atoms. The van der Waals surface area contributed by atoms with Crippen molar-refractivity contribution < 1.29 is 32.9 Å². The first kappa shape index (κ1) is 21.2. The molecule has 1 aliphatic heterocycles. The lowest BCUT2D eigenvalue weighted by Crippen LogP contribution is -2.20. The summed E-state index contributed by atoms with van der Waals surface area (Å²) in [4.78, 5) is 20.9. The molecule has 0 fully saturated rings. The quantitative estimate of drug-likeness (QED) is 0.437. The molecule has 5 rings (SSSR count). The van der Waals surface area contributed by atoms with Crippen molar-refractivity contribution in [2.75, 3.05) is 26.3 Å². The number of benzene rings is 2. The predicted octanol–water partition coefficient (Wildman–Crippen LogP) is 3.14. The van der Waals surface area contributed by atoms with Crippen LogP contribution in [0.1, 0.15) is 0 Å². The van der Waals surface area contributed by atoms with Crippen LogP contribution in [0, 0.1) is 5.82 Å². The molecule has 2 aromatic carbocycles. The van der Waals surface area contributed by atoms with Crippen molar-refractivity contribution in [3.05, 3.63) is 48.8 Å². The second-order valence-corrected chi connectivity index (χ2v) is 7.08. The number of halogens is 1. The number of carbonyl (C=O) groups is 1. The van der Waals surface area contributed by atoms with Gasteiger partial charge in [0.15, 0.2) is 34.6 Å². The summed E-state index contributed by atoms with van der Waals surface area (Å²) in [6.45, 7) is -0.235. The number of amides is 1. The Morgan fingerprint density at radius 2 is 2.00 bits per heavy atom. The molecular weight excluding hydrogens is 449 g/mol. The van der Waals surface area contributed by atoms with E-state index >= 15 is 0 Å². The summed E-state index contributed by atoms with van der Waals surface area (Å²) in [7, 11) is 3.06. The number of nitrogens with one attached hydrogen (secondary N) is 1. The molecule has 174 valence electrons. The number of hydrogen-bond donors (Lipinski definition) is 1. The van der Waals surface area contributed by atoms with Crippen molar-refractivity contribution in [3.63, 3.8) is 0 Å². The SMILES string of the molecule is COc1cc2ncnc(Oc3cnn(CC(=O)Nc4c(F)ccc5c4OCO5)c3)c2cc1OC. The molecule has 1 N–H and O–H groups in total. The summed E-state index contributed by atoms with van der Waals surface area (Å²) < 4.78 is 42.5. The molecule has 3 heterocycles. The minimum absolute atomic E-state index is 0.0438. The summed E-state index contributed by atoms with van der Waals surface area (Å²) in [5.74, 6) is 0.997. The van der Waals surface area contributed by atoms with Gasteiger partial charge in [-0.15, -0.1) is 0 Å². The third-order valence-corrected chi connectivity index (χ3v) is 4.99. The minimum atomic E-state index is -0.634. The highest BCUT2D eigenvalue weighted by atomic mass is 19.1. The lowest BCUT2D eigenvalue weighted by atomic mass is 10.2. The van der Waals surface area contributed by atoms with Crippen molar-refractivity contribution in [2.45, 2.75) is 6.54 Å². The van der Waals surface area contributed by atoms with Gasteiger partial charge >= 0.3 is 0 Å². The molecule has 11 nitrogen and oxygen atoms in total. The highest BCUT2D eigenvalue weighted by Gasteiger charge is 2.23. The van der Waals surface area contributed by atoms with Gasteiger partial charge in [-0.1, -0.05) is 0 Å². The van der Waals surface area contributed by atoms with Gasteiger partial charge < -0.3 is 29.0 Å². The number of aromatic nitrogens is 4. The summed E-state index contributed by atoms with van der Waals surface area (Å²) in [5, 5.41) is 7.22. The molecule has 1 aliphatic rings. The number of carbonyl (C=O) groups excluding carboxylic acids is 1. The monoisotopic (exact) mass is 467 g/mol. The van der Waals surface area contributed by atoms with Crippen LogP contribution < -0.4 is 29.0 Å². The van der Waals surface area contributed by atoms with Crippen LogP contribution in [0.4, 0.5) is 10.1 Å². The number of fused-ring (bicyclic) bond motifs is 2. The van der Waals surface area contributed by atoms with Gasteiger partial charge in [-0.3, -0.25) is 9.48 Å². The summed E-state index contributed by atoms with van der Waals surface area (Å²) in [6, 6.07) is 6.05. The fourth-order valence-electron chi connectivity index (χ4n) is 3.43. The van der Waals surface area contributed by atoms with Crippen LogP contribution in [0.15, 0.2) is 43.0 Å². The number of anilines is 1. The maximum atomic E-state index is 14.2. The second kappa shape index (κ2) is 8.73. The molecule has 34 heavy (non-hydrogen) atoms. The molecule has 0 radical (unpaired) electrons. The smallest absolute Gasteiger partial charge is 0.246 e. The van der Waals surface area contributed by atoms with Crippen LogP contribution in [-0.2, 0) is 11.3 Å². The molecule has 0 saturated carbocycles. The maximum Gasteiger partial charge on any atom is 0.246 e. The van der Waals surface area contributed by atoms with Crippen molar-refractivity contribution in [2.24, 2.45) is 0 Å². The van der Waals surface area contributed by atoms with E-state index in [9.17, 15) is 9.18 Å². The van der Waals surface area contributed by atoms with E-state index in [1.54, 1.807) is 12.1 Å². The van der Waals surface area contributed by atoms with Crippen LogP contribution in [-0.4, -0.2) is 46.7 Å². The van der Waals surface area contributed by atoms with Gasteiger partial charge in [-0.25, -0.2) is 14.4 Å². The molecule has 12 heteroatoms. The van der Waals surface area contributed by atoms with E-state index in [1.165, 1.54) is 49.8 Å². The van der Waals surface area contributed by atoms with E-state index in [0.717, 1.165) is 0 Å². The van der Waals surface area contributed by atoms with Crippen molar-refractivity contribution in [1.29, 1.82) is 0 Å². The van der Waals surface area contributed by atoms with E-state index in [4.69, 9.17) is 23.7 Å². The zero-order valence-corrected chi connectivity index (χ0v) is 18.1. The van der Waals surface area contributed by atoms with Crippen LogP contribution >= 0.6 is 0 Å². The Balaban J connectivity index is 1.32. The lowest BCUT2D eigenvalue weighted by Gasteiger charge is -2.10. The maximum absolute atomic E-state index is 14.2. The van der Waals surface area contributed by atoms with Crippen LogP contribution in [0.2, 0.25) is 0 Å². The van der Waals surface area contributed by atoms with E-state index < -0.39 is 11.7 Å². The van der Waals surface area contributed by atoms with Crippen molar-refractivity contribution in [1.82, 2.24) is 19.7 Å². The predicted molar refractivity (Wildman–Crippen MR) is 116 cm³/mol. The van der Waals surface area contributed by atoms with E-state index in [1.807, 2.05) is 0 Å². The first-order valence-corrected chi connectivity index (χ1v) is 10.0. The molecule has 2 aromatic heterocycles. The van der Waals surface area contributed by atoms with Gasteiger partial charge in [0.1, 0.15) is 18.6 Å². The fraction of sp³-hybridized carbons (Fsp3) is 0.182. The molecular formula is C22H18FN5O6. The molecule has 0 atom stereocenters. The molecule has 1 amide bonds. The van der Waals surface area contributed by atoms with Gasteiger partial charge in [0, 0.05) is 6.07 Å². The van der Waals surface area contributed by atoms with Crippen LogP contribution in [0.5, 0.6) is 34.6 Å². The van der Waals surface area contributed by atoms with E-state index in [2.05, 4.69) is 20.4 Å². The van der Waals surface area contributed by atoms with Gasteiger partial charge in [0.25, 0.3) is 0 Å². The minimum Gasteiger partial charge on any atom is -0.493 e. The summed E-state index contributed by atoms with van der Waals surface area (Å²) in [5.41, 5.74) is 0.512. The Hall–Kier alpha value is -4.61. The second-order valence-electron chi connectivity index (χ2n) is 7.08. The Bertz CT molecular complexity index is 1390. The number of hydrogen-bond acceptors (Lipinski definition) is 9. The third-order valence-electron chi connectivity index (χ3n) is 4.99. The number of ether oxygens (including phenoxy) is 5. The topological polar surface area (TPSA) is 119 Å². The zero-order chi connectivity index (χ0) is 23.7. The van der Waals surface area contributed by atoms with Gasteiger partial charge in [-0.05, 0) is 18.2 Å². The number of methoxy groups -OCH3 is 2. The lowest BCUT2D eigenvalue weighted by molar-refractivity contribution is -0.116. The largest absolute Gasteiger partial charge is 0.493 e.